The number of halogens is 1. The van der Waals surface area contributed by atoms with Crippen molar-refractivity contribution in [3.05, 3.63) is 74.6 Å². The minimum atomic E-state index is -0.573. The lowest BCUT2D eigenvalue weighted by atomic mass is 9.90. The summed E-state index contributed by atoms with van der Waals surface area (Å²) in [5, 5.41) is 17.3. The Hall–Kier alpha value is -4.03. The lowest BCUT2D eigenvalue weighted by Crippen LogP contribution is -2.15. The van der Waals surface area contributed by atoms with E-state index in [9.17, 15) is 10.1 Å². The Morgan fingerprint density at radius 3 is 2.76 bits per heavy atom. The molecule has 1 heterocycles. The van der Waals surface area contributed by atoms with Gasteiger partial charge in [0.2, 0.25) is 0 Å². The Balaban J connectivity index is 1.91. The van der Waals surface area contributed by atoms with Crippen molar-refractivity contribution < 1.29 is 9.13 Å². The molecule has 8 nitrogen and oxygen atoms in total. The quantitative estimate of drug-likeness (QED) is 0.497. The second kappa shape index (κ2) is 8.84. The molecule has 2 aromatic carbocycles. The van der Waals surface area contributed by atoms with Crippen molar-refractivity contribution in [1.29, 1.82) is 5.26 Å². The first kappa shape index (κ1) is 22.2. The van der Waals surface area contributed by atoms with Crippen LogP contribution in [0.3, 0.4) is 0 Å². The number of nitrogens with two attached hydrogens (primary N) is 2. The molecule has 1 aromatic heterocycles. The fourth-order valence-electron chi connectivity index (χ4n) is 3.78. The Kier molecular flexibility index (Phi) is 5.94. The second-order valence-corrected chi connectivity index (χ2v) is 7.80. The number of ether oxygens (including phenoxy) is 1. The van der Waals surface area contributed by atoms with Crippen molar-refractivity contribution in [3.8, 4) is 11.8 Å². The predicted octanol–water partition coefficient (Wildman–Crippen LogP) is 2.66. The Bertz CT molecular complexity index is 1410. The molecule has 0 amide bonds. The molecule has 33 heavy (non-hydrogen) atoms. The van der Waals surface area contributed by atoms with Crippen molar-refractivity contribution >= 4 is 22.1 Å². The molecule has 1 aliphatic carbocycles. The van der Waals surface area contributed by atoms with E-state index < -0.39 is 5.82 Å². The summed E-state index contributed by atoms with van der Waals surface area (Å²) >= 11 is 0. The third-order valence-electron chi connectivity index (χ3n) is 5.59. The number of benzene rings is 2. The van der Waals surface area contributed by atoms with E-state index in [1.165, 1.54) is 19.3 Å². The van der Waals surface area contributed by atoms with Gasteiger partial charge in [-0.05, 0) is 49.1 Å². The first-order valence-corrected chi connectivity index (χ1v) is 10.4. The number of nitrogens with one attached hydrogen (secondary N) is 1. The Morgan fingerprint density at radius 1 is 1.39 bits per heavy atom. The molecule has 5 N–H and O–H groups in total. The van der Waals surface area contributed by atoms with Gasteiger partial charge in [-0.1, -0.05) is 6.07 Å². The van der Waals surface area contributed by atoms with Crippen molar-refractivity contribution in [2.24, 2.45) is 16.5 Å². The highest BCUT2D eigenvalue weighted by atomic mass is 19.1. The van der Waals surface area contributed by atoms with Crippen LogP contribution in [0.5, 0.6) is 5.75 Å². The Morgan fingerprint density at radius 2 is 2.15 bits per heavy atom. The van der Waals surface area contributed by atoms with E-state index in [0.29, 0.717) is 38.9 Å². The average Bonchev–Trinajstić information content (AvgIpc) is 3.64. The van der Waals surface area contributed by atoms with Gasteiger partial charge in [0.1, 0.15) is 23.2 Å². The van der Waals surface area contributed by atoms with Crippen molar-refractivity contribution in [1.82, 2.24) is 10.2 Å². The maximum Gasteiger partial charge on any atom is 0.272 e. The molecule has 168 valence electrons. The summed E-state index contributed by atoms with van der Waals surface area (Å²) in [5.74, 6) is -0.248. The van der Waals surface area contributed by atoms with Crippen LogP contribution >= 0.6 is 0 Å². The highest BCUT2D eigenvalue weighted by molar-refractivity contribution is 6.33. The number of nitrogens with zero attached hydrogens (tertiary/aromatic N) is 3. The molecule has 1 aliphatic rings. The van der Waals surface area contributed by atoms with Gasteiger partial charge in [-0.25, -0.2) is 9.49 Å². The number of aromatic amines is 1. The molecular formula is C24H23FN6O2. The molecule has 0 spiro atoms. The third kappa shape index (κ3) is 3.97. The predicted molar refractivity (Wildman–Crippen MR) is 124 cm³/mol. The number of fused-ring (bicyclic) bond motifs is 1. The van der Waals surface area contributed by atoms with Gasteiger partial charge < -0.3 is 16.2 Å². The molecule has 0 unspecified atom stereocenters. The zero-order valence-electron chi connectivity index (χ0n) is 18.3. The maximum atomic E-state index is 15.4. The van der Waals surface area contributed by atoms with Crippen LogP contribution in [0.25, 0.3) is 16.3 Å². The number of allylic oxidation sites excluding steroid dienone is 1. The summed E-state index contributed by atoms with van der Waals surface area (Å²) < 4.78 is 21.3. The number of aryl methyl sites for hydroxylation is 1. The SMILES string of the molecule is CN=C(C(=CN)c1ccc2c(=O)[nH]nc(CN)c2c1)c1c(F)c(C)cc(OC2CC2)c1C#N. The lowest BCUT2D eigenvalue weighted by molar-refractivity contribution is 0.301. The van der Waals surface area contributed by atoms with Gasteiger partial charge in [0, 0.05) is 30.8 Å². The number of hydrogen-bond acceptors (Lipinski definition) is 7. The van der Waals surface area contributed by atoms with E-state index in [-0.39, 0.29) is 35.0 Å². The molecular weight excluding hydrogens is 423 g/mol. The molecule has 1 saturated carbocycles. The summed E-state index contributed by atoms with van der Waals surface area (Å²) in [5.41, 5.74) is 13.5. The first-order chi connectivity index (χ1) is 15.9. The highest BCUT2D eigenvalue weighted by Crippen LogP contribution is 2.35. The van der Waals surface area contributed by atoms with Crippen LogP contribution < -0.4 is 21.8 Å². The lowest BCUT2D eigenvalue weighted by Gasteiger charge is -2.18. The normalized spacial score (nSPS) is 14.4. The monoisotopic (exact) mass is 446 g/mol. The smallest absolute Gasteiger partial charge is 0.272 e. The Labute approximate surface area is 189 Å². The van der Waals surface area contributed by atoms with E-state index in [4.69, 9.17) is 16.2 Å². The van der Waals surface area contributed by atoms with Gasteiger partial charge >= 0.3 is 0 Å². The molecule has 0 saturated heterocycles. The van der Waals surface area contributed by atoms with Crippen molar-refractivity contribution in [2.75, 3.05) is 7.05 Å². The fraction of sp³-hybridized carbons (Fsp3) is 0.250. The molecule has 4 rings (SSSR count). The van der Waals surface area contributed by atoms with Crippen LogP contribution in [-0.2, 0) is 6.54 Å². The summed E-state index contributed by atoms with van der Waals surface area (Å²) in [7, 11) is 1.50. The summed E-state index contributed by atoms with van der Waals surface area (Å²) in [6.45, 7) is 1.72. The second-order valence-electron chi connectivity index (χ2n) is 7.80. The largest absolute Gasteiger partial charge is 0.489 e. The molecule has 0 radical (unpaired) electrons. The molecule has 0 aliphatic heterocycles. The fourth-order valence-corrected chi connectivity index (χ4v) is 3.78. The maximum absolute atomic E-state index is 15.4. The number of H-pyrrole nitrogens is 1. The number of aliphatic imine (C=N–C) groups is 1. The summed E-state index contributed by atoms with van der Waals surface area (Å²) in [4.78, 5) is 16.5. The summed E-state index contributed by atoms with van der Waals surface area (Å²) in [6.07, 6.45) is 3.12. The standard InChI is InChI=1S/C24H23FN6O2/c1-12-7-20(33-14-4-5-14)18(10-27)21(22(12)25)23(29-2)17(9-26)13-3-6-15-16(8-13)19(11-28)30-31-24(15)32/h3,6-9,14H,4-5,11,26,28H2,1-2H3,(H,31,32). The number of hydrogen-bond donors (Lipinski definition) is 3. The van der Waals surface area contributed by atoms with Crippen LogP contribution in [0.15, 0.2) is 40.3 Å². The van der Waals surface area contributed by atoms with E-state index >= 15 is 4.39 Å². The van der Waals surface area contributed by atoms with Gasteiger partial charge in [-0.2, -0.15) is 10.4 Å². The van der Waals surface area contributed by atoms with Crippen LogP contribution in [0.2, 0.25) is 0 Å². The zero-order valence-corrected chi connectivity index (χ0v) is 18.3. The van der Waals surface area contributed by atoms with Gasteiger partial charge in [-0.15, -0.1) is 0 Å². The number of nitriles is 1. The van der Waals surface area contributed by atoms with Gasteiger partial charge in [-0.3, -0.25) is 9.79 Å². The molecule has 0 bridgehead atoms. The minimum Gasteiger partial charge on any atom is -0.489 e. The molecule has 9 heteroatoms. The van der Waals surface area contributed by atoms with E-state index in [0.717, 1.165) is 12.8 Å². The van der Waals surface area contributed by atoms with Crippen LogP contribution in [0, 0.1) is 24.1 Å². The molecule has 3 aromatic rings. The van der Waals surface area contributed by atoms with Crippen LogP contribution in [0.1, 0.15) is 40.8 Å². The topological polar surface area (TPSA) is 143 Å². The number of rotatable bonds is 6. The van der Waals surface area contributed by atoms with E-state index in [2.05, 4.69) is 21.3 Å². The molecule has 0 atom stereocenters. The minimum absolute atomic E-state index is 0.0236. The summed E-state index contributed by atoms with van der Waals surface area (Å²) in [6, 6.07) is 8.64. The van der Waals surface area contributed by atoms with Gasteiger partial charge in [0.05, 0.1) is 28.5 Å². The van der Waals surface area contributed by atoms with Crippen LogP contribution in [-0.4, -0.2) is 29.1 Å². The van der Waals surface area contributed by atoms with Gasteiger partial charge in [0.15, 0.2) is 0 Å². The van der Waals surface area contributed by atoms with E-state index in [1.54, 1.807) is 25.1 Å². The molecule has 1 fully saturated rings. The van der Waals surface area contributed by atoms with Crippen molar-refractivity contribution in [2.45, 2.75) is 32.4 Å². The average molecular weight is 446 g/mol. The van der Waals surface area contributed by atoms with Gasteiger partial charge in [0.25, 0.3) is 5.56 Å². The highest BCUT2D eigenvalue weighted by Gasteiger charge is 2.29. The number of aromatic nitrogens is 2. The van der Waals surface area contributed by atoms with Crippen molar-refractivity contribution in [3.63, 3.8) is 0 Å². The first-order valence-electron chi connectivity index (χ1n) is 10.4. The zero-order chi connectivity index (χ0) is 23.7. The van der Waals surface area contributed by atoms with E-state index in [1.807, 2.05) is 0 Å². The third-order valence-corrected chi connectivity index (χ3v) is 5.59. The van der Waals surface area contributed by atoms with Crippen LogP contribution in [0.4, 0.5) is 4.39 Å².